The quantitative estimate of drug-likeness (QED) is 0.859. The van der Waals surface area contributed by atoms with Crippen LogP contribution in [0.1, 0.15) is 15.9 Å². The van der Waals surface area contributed by atoms with Gasteiger partial charge in [0.05, 0.1) is 11.0 Å². The second-order valence-electron chi connectivity index (χ2n) is 3.85. The average molecular weight is 341 g/mol. The lowest BCUT2D eigenvalue weighted by molar-refractivity contribution is -0.255. The summed E-state index contributed by atoms with van der Waals surface area (Å²) < 4.78 is 6.53. The van der Waals surface area contributed by atoms with Crippen LogP contribution in [0.2, 0.25) is 5.02 Å². The zero-order chi connectivity index (χ0) is 13.8. The lowest BCUT2D eigenvalue weighted by atomic mass is 10.2. The van der Waals surface area contributed by atoms with E-state index in [1.165, 1.54) is 18.2 Å². The highest BCUT2D eigenvalue weighted by molar-refractivity contribution is 9.10. The molecule has 0 saturated carbocycles. The lowest BCUT2D eigenvalue weighted by Crippen LogP contribution is -2.22. The molecule has 0 amide bonds. The predicted octanol–water partition coefficient (Wildman–Crippen LogP) is 3.05. The Morgan fingerprint density at radius 3 is 2.47 bits per heavy atom. The summed E-state index contributed by atoms with van der Waals surface area (Å²) in [4.78, 5) is 10.7. The zero-order valence-electron chi connectivity index (χ0n) is 9.73. The van der Waals surface area contributed by atoms with Crippen LogP contribution in [0.5, 0.6) is 5.75 Å². The number of halogens is 2. The molecule has 5 heteroatoms. The largest absolute Gasteiger partial charge is 0.545 e. The summed E-state index contributed by atoms with van der Waals surface area (Å²) in [6.45, 7) is 0.359. The van der Waals surface area contributed by atoms with E-state index < -0.39 is 5.97 Å². The zero-order valence-corrected chi connectivity index (χ0v) is 12.1. The summed E-state index contributed by atoms with van der Waals surface area (Å²) in [5.41, 5.74) is 1.02. The maximum absolute atomic E-state index is 10.7. The highest BCUT2D eigenvalue weighted by Gasteiger charge is 2.04. The highest BCUT2D eigenvalue weighted by atomic mass is 79.9. The van der Waals surface area contributed by atoms with Gasteiger partial charge in [-0.25, -0.2) is 0 Å². The monoisotopic (exact) mass is 339 g/mol. The number of carbonyl (C=O) groups excluding carboxylic acids is 1. The normalized spacial score (nSPS) is 10.2. The van der Waals surface area contributed by atoms with Gasteiger partial charge in [-0.15, -0.1) is 0 Å². The molecule has 0 bridgehead atoms. The number of benzene rings is 2. The summed E-state index contributed by atoms with van der Waals surface area (Å²) in [5, 5.41) is 10.9. The van der Waals surface area contributed by atoms with Crippen molar-refractivity contribution in [1.29, 1.82) is 0 Å². The first-order valence-electron chi connectivity index (χ1n) is 5.44. The third-order valence-corrected chi connectivity index (χ3v) is 3.30. The van der Waals surface area contributed by atoms with Crippen LogP contribution in [-0.4, -0.2) is 5.97 Å². The molecule has 0 spiro atoms. The first kappa shape index (κ1) is 13.9. The van der Waals surface area contributed by atoms with E-state index in [1.54, 1.807) is 0 Å². The number of hydrogen-bond donors (Lipinski definition) is 0. The summed E-state index contributed by atoms with van der Waals surface area (Å²) in [6, 6.07) is 11.9. The first-order valence-corrected chi connectivity index (χ1v) is 6.61. The molecule has 0 N–H and O–H groups in total. The Bertz CT molecular complexity index is 596. The SMILES string of the molecule is O=C([O-])c1ccc(OCc2ccc(Br)cc2)c(Cl)c1. The van der Waals surface area contributed by atoms with Crippen molar-refractivity contribution in [3.63, 3.8) is 0 Å². The molecular weight excluding hydrogens is 332 g/mol. The van der Waals surface area contributed by atoms with Gasteiger partial charge in [0.1, 0.15) is 12.4 Å². The molecular formula is C14H9BrClO3-. The van der Waals surface area contributed by atoms with E-state index in [0.717, 1.165) is 10.0 Å². The molecule has 2 rings (SSSR count). The van der Waals surface area contributed by atoms with Crippen molar-refractivity contribution in [3.8, 4) is 5.75 Å². The number of ether oxygens (including phenoxy) is 1. The highest BCUT2D eigenvalue weighted by Crippen LogP contribution is 2.26. The van der Waals surface area contributed by atoms with Gasteiger partial charge < -0.3 is 14.6 Å². The van der Waals surface area contributed by atoms with Crippen molar-refractivity contribution in [2.45, 2.75) is 6.61 Å². The van der Waals surface area contributed by atoms with Gasteiger partial charge in [-0.05, 0) is 41.5 Å². The lowest BCUT2D eigenvalue weighted by Gasteiger charge is -2.10. The molecule has 0 aliphatic heterocycles. The van der Waals surface area contributed by atoms with E-state index >= 15 is 0 Å². The van der Waals surface area contributed by atoms with Gasteiger partial charge in [-0.2, -0.15) is 0 Å². The molecule has 0 radical (unpaired) electrons. The van der Waals surface area contributed by atoms with E-state index in [9.17, 15) is 9.90 Å². The van der Waals surface area contributed by atoms with E-state index in [1.807, 2.05) is 24.3 Å². The van der Waals surface area contributed by atoms with Crippen molar-refractivity contribution in [1.82, 2.24) is 0 Å². The van der Waals surface area contributed by atoms with Crippen LogP contribution in [-0.2, 0) is 6.61 Å². The number of carboxylic acids is 1. The molecule has 0 fully saturated rings. The molecule has 2 aromatic carbocycles. The van der Waals surface area contributed by atoms with Crippen molar-refractivity contribution in [2.75, 3.05) is 0 Å². The predicted molar refractivity (Wildman–Crippen MR) is 74.3 cm³/mol. The minimum atomic E-state index is -1.26. The Morgan fingerprint density at radius 1 is 1.21 bits per heavy atom. The van der Waals surface area contributed by atoms with Gasteiger partial charge in [0.2, 0.25) is 0 Å². The maximum Gasteiger partial charge on any atom is 0.138 e. The maximum atomic E-state index is 10.7. The van der Waals surface area contributed by atoms with Gasteiger partial charge in [0.25, 0.3) is 0 Å². The molecule has 0 atom stereocenters. The van der Waals surface area contributed by atoms with Crippen LogP contribution in [0, 0.1) is 0 Å². The van der Waals surface area contributed by atoms with Crippen molar-refractivity contribution < 1.29 is 14.6 Å². The Hall–Kier alpha value is -1.52. The van der Waals surface area contributed by atoms with Crippen LogP contribution < -0.4 is 9.84 Å². The third kappa shape index (κ3) is 3.72. The second-order valence-corrected chi connectivity index (χ2v) is 5.17. The van der Waals surface area contributed by atoms with Gasteiger partial charge in [0.15, 0.2) is 0 Å². The van der Waals surface area contributed by atoms with Crippen LogP contribution in [0.25, 0.3) is 0 Å². The number of rotatable bonds is 4. The van der Waals surface area contributed by atoms with Gasteiger partial charge in [-0.1, -0.05) is 39.7 Å². The molecule has 0 heterocycles. The summed E-state index contributed by atoms with van der Waals surface area (Å²) in [6.07, 6.45) is 0. The summed E-state index contributed by atoms with van der Waals surface area (Å²) in [7, 11) is 0. The van der Waals surface area contributed by atoms with Crippen LogP contribution >= 0.6 is 27.5 Å². The Balaban J connectivity index is 2.07. The summed E-state index contributed by atoms with van der Waals surface area (Å²) >= 11 is 9.29. The third-order valence-electron chi connectivity index (χ3n) is 2.48. The van der Waals surface area contributed by atoms with E-state index in [2.05, 4.69) is 15.9 Å². The fraction of sp³-hybridized carbons (Fsp3) is 0.0714. The van der Waals surface area contributed by atoms with Gasteiger partial charge in [-0.3, -0.25) is 0 Å². The van der Waals surface area contributed by atoms with E-state index in [4.69, 9.17) is 16.3 Å². The molecule has 0 aromatic heterocycles. The number of carboxylic acid groups (broad SMARTS) is 1. The fourth-order valence-electron chi connectivity index (χ4n) is 1.49. The topological polar surface area (TPSA) is 49.4 Å². The molecule has 3 nitrogen and oxygen atoms in total. The average Bonchev–Trinajstić information content (AvgIpc) is 2.39. The molecule has 19 heavy (non-hydrogen) atoms. The van der Waals surface area contributed by atoms with E-state index in [0.29, 0.717) is 12.4 Å². The van der Waals surface area contributed by atoms with Crippen molar-refractivity contribution >= 4 is 33.5 Å². The van der Waals surface area contributed by atoms with Crippen molar-refractivity contribution in [2.24, 2.45) is 0 Å². The molecule has 0 unspecified atom stereocenters. The van der Waals surface area contributed by atoms with Crippen LogP contribution in [0.15, 0.2) is 46.9 Å². The molecule has 0 aliphatic rings. The second kappa shape index (κ2) is 6.08. The minimum absolute atomic E-state index is 0.0287. The Kier molecular flexibility index (Phi) is 4.45. The molecule has 0 saturated heterocycles. The van der Waals surface area contributed by atoms with Gasteiger partial charge in [0, 0.05) is 4.47 Å². The van der Waals surface area contributed by atoms with Crippen LogP contribution in [0.3, 0.4) is 0 Å². The molecule has 2 aromatic rings. The van der Waals surface area contributed by atoms with Crippen LogP contribution in [0.4, 0.5) is 0 Å². The number of hydrogen-bond acceptors (Lipinski definition) is 3. The standard InChI is InChI=1S/C14H10BrClO3/c15-11-4-1-9(2-5-11)8-19-13-6-3-10(14(17)18)7-12(13)16/h1-7H,8H2,(H,17,18)/p-1. The number of aromatic carboxylic acids is 1. The smallest absolute Gasteiger partial charge is 0.138 e. The fourth-order valence-corrected chi connectivity index (χ4v) is 1.99. The van der Waals surface area contributed by atoms with Gasteiger partial charge >= 0.3 is 0 Å². The molecule has 98 valence electrons. The summed E-state index contributed by atoms with van der Waals surface area (Å²) in [5.74, 6) is -0.823. The Labute approximate surface area is 123 Å². The minimum Gasteiger partial charge on any atom is -0.545 e. The molecule has 0 aliphatic carbocycles. The van der Waals surface area contributed by atoms with E-state index in [-0.39, 0.29) is 10.6 Å². The Morgan fingerprint density at radius 2 is 1.89 bits per heavy atom. The van der Waals surface area contributed by atoms with Crippen molar-refractivity contribution in [3.05, 3.63) is 63.1 Å². The first-order chi connectivity index (χ1) is 9.06. The number of carbonyl (C=O) groups is 1.